The van der Waals surface area contributed by atoms with Crippen LogP contribution in [0.15, 0.2) is 24.3 Å². The summed E-state index contributed by atoms with van der Waals surface area (Å²) in [6, 6.07) is 6.48. The van der Waals surface area contributed by atoms with Crippen molar-refractivity contribution in [2.24, 2.45) is 17.6 Å². The van der Waals surface area contributed by atoms with E-state index in [0.29, 0.717) is 22.4 Å². The van der Waals surface area contributed by atoms with Crippen LogP contribution in [0.2, 0.25) is 5.02 Å². The number of hydrogen-bond acceptors (Lipinski definition) is 3. The third-order valence-corrected chi connectivity index (χ3v) is 5.78. The maximum atomic E-state index is 12.6. The van der Waals surface area contributed by atoms with Gasteiger partial charge in [0.25, 0.3) is 5.91 Å². The standard InChI is InChI=1S/C19H26ClN3O2/c1-11(22-19(25)12-5-7-15(20)8-6-12)18(24)23-17-13-3-2-4-14(17)10-16(21)9-13/h5-8,11,13-14,16-17H,2-4,9-10,21H2,1H3,(H,22,25)(H,23,24). The SMILES string of the molecule is CC(NC(=O)c1ccc(Cl)cc1)C(=O)NC1C2CCCC1CC(N)C2. The monoisotopic (exact) mass is 363 g/mol. The summed E-state index contributed by atoms with van der Waals surface area (Å²) >= 11 is 5.83. The van der Waals surface area contributed by atoms with Crippen molar-refractivity contribution >= 4 is 23.4 Å². The molecule has 0 radical (unpaired) electrons. The van der Waals surface area contributed by atoms with Gasteiger partial charge in [-0.15, -0.1) is 0 Å². The first-order valence-electron chi connectivity index (χ1n) is 9.06. The first-order chi connectivity index (χ1) is 11.9. The Morgan fingerprint density at radius 1 is 1.16 bits per heavy atom. The molecule has 1 aromatic carbocycles. The summed E-state index contributed by atoms with van der Waals surface area (Å²) in [6.07, 6.45) is 5.43. The lowest BCUT2D eigenvalue weighted by Gasteiger charge is -2.45. The van der Waals surface area contributed by atoms with Gasteiger partial charge in [0.15, 0.2) is 0 Å². The van der Waals surface area contributed by atoms with E-state index in [2.05, 4.69) is 10.6 Å². The number of carbonyl (C=O) groups excluding carboxylic acids is 2. The Hall–Kier alpha value is -1.59. The lowest BCUT2D eigenvalue weighted by atomic mass is 9.67. The van der Waals surface area contributed by atoms with Crippen molar-refractivity contribution in [2.45, 2.75) is 57.2 Å². The molecule has 0 aliphatic heterocycles. The smallest absolute Gasteiger partial charge is 0.251 e. The molecule has 1 aromatic rings. The number of amides is 2. The van der Waals surface area contributed by atoms with E-state index >= 15 is 0 Å². The normalized spacial score (nSPS) is 29.6. The zero-order valence-corrected chi connectivity index (χ0v) is 15.3. The highest BCUT2D eigenvalue weighted by Gasteiger charge is 2.40. The molecule has 0 aromatic heterocycles. The molecule has 2 amide bonds. The van der Waals surface area contributed by atoms with Crippen LogP contribution in [-0.4, -0.2) is 29.9 Å². The van der Waals surface area contributed by atoms with Gasteiger partial charge in [0.1, 0.15) is 6.04 Å². The second kappa shape index (κ2) is 7.75. The van der Waals surface area contributed by atoms with Crippen LogP contribution in [0.3, 0.4) is 0 Å². The van der Waals surface area contributed by atoms with Gasteiger partial charge >= 0.3 is 0 Å². The van der Waals surface area contributed by atoms with Gasteiger partial charge in [0, 0.05) is 22.7 Å². The maximum absolute atomic E-state index is 12.6. The Morgan fingerprint density at radius 2 is 1.76 bits per heavy atom. The summed E-state index contributed by atoms with van der Waals surface area (Å²) in [6.45, 7) is 1.72. The minimum absolute atomic E-state index is 0.125. The van der Waals surface area contributed by atoms with Gasteiger partial charge in [-0.05, 0) is 68.7 Å². The minimum Gasteiger partial charge on any atom is -0.351 e. The van der Waals surface area contributed by atoms with Gasteiger partial charge in [-0.2, -0.15) is 0 Å². The first-order valence-corrected chi connectivity index (χ1v) is 9.44. The summed E-state index contributed by atoms with van der Waals surface area (Å²) in [7, 11) is 0. The van der Waals surface area contributed by atoms with Crippen LogP contribution in [0.4, 0.5) is 0 Å². The van der Waals surface area contributed by atoms with Crippen molar-refractivity contribution in [1.82, 2.24) is 10.6 Å². The topological polar surface area (TPSA) is 84.2 Å². The van der Waals surface area contributed by atoms with Gasteiger partial charge in [0.05, 0.1) is 0 Å². The van der Waals surface area contributed by atoms with E-state index in [9.17, 15) is 9.59 Å². The number of carbonyl (C=O) groups is 2. The molecule has 0 spiro atoms. The molecular weight excluding hydrogens is 338 g/mol. The highest BCUT2D eigenvalue weighted by Crippen LogP contribution is 2.39. The third-order valence-electron chi connectivity index (χ3n) is 5.53. The quantitative estimate of drug-likeness (QED) is 0.768. The van der Waals surface area contributed by atoms with Gasteiger partial charge < -0.3 is 16.4 Å². The largest absolute Gasteiger partial charge is 0.351 e. The molecule has 136 valence electrons. The van der Waals surface area contributed by atoms with E-state index < -0.39 is 6.04 Å². The summed E-state index contributed by atoms with van der Waals surface area (Å²) in [5, 5.41) is 6.51. The lowest BCUT2D eigenvalue weighted by Crippen LogP contribution is -2.57. The van der Waals surface area contributed by atoms with E-state index in [1.165, 1.54) is 6.42 Å². The number of halogens is 1. The number of rotatable bonds is 4. The Bertz CT molecular complexity index is 620. The molecular formula is C19H26ClN3O2. The van der Waals surface area contributed by atoms with E-state index in [4.69, 9.17) is 17.3 Å². The van der Waals surface area contributed by atoms with Crippen molar-refractivity contribution in [3.8, 4) is 0 Å². The third kappa shape index (κ3) is 4.33. The summed E-state index contributed by atoms with van der Waals surface area (Å²) in [4.78, 5) is 24.8. The Kier molecular flexibility index (Phi) is 5.64. The summed E-state index contributed by atoms with van der Waals surface area (Å²) in [5.41, 5.74) is 6.63. The second-order valence-corrected chi connectivity index (χ2v) is 7.86. The molecule has 3 rings (SSSR count). The molecule has 5 nitrogen and oxygen atoms in total. The van der Waals surface area contributed by atoms with Crippen LogP contribution < -0.4 is 16.4 Å². The zero-order valence-electron chi connectivity index (χ0n) is 14.5. The van der Waals surface area contributed by atoms with Gasteiger partial charge in [-0.1, -0.05) is 18.0 Å². The molecule has 2 saturated carbocycles. The molecule has 25 heavy (non-hydrogen) atoms. The molecule has 2 aliphatic carbocycles. The van der Waals surface area contributed by atoms with E-state index in [-0.39, 0.29) is 23.9 Å². The average molecular weight is 364 g/mol. The molecule has 4 N–H and O–H groups in total. The minimum atomic E-state index is -0.584. The number of nitrogens with one attached hydrogen (secondary N) is 2. The van der Waals surface area contributed by atoms with Crippen LogP contribution in [0.5, 0.6) is 0 Å². The Labute approximate surface area is 153 Å². The number of hydrogen-bond donors (Lipinski definition) is 3. The molecule has 0 heterocycles. The van der Waals surface area contributed by atoms with Crippen LogP contribution >= 0.6 is 11.6 Å². The number of fused-ring (bicyclic) bond motifs is 2. The molecule has 3 unspecified atom stereocenters. The fourth-order valence-corrected chi connectivity index (χ4v) is 4.39. The van der Waals surface area contributed by atoms with E-state index in [1.807, 2.05) is 0 Å². The van der Waals surface area contributed by atoms with Gasteiger partial charge in [0.2, 0.25) is 5.91 Å². The first kappa shape index (κ1) is 18.2. The fourth-order valence-electron chi connectivity index (χ4n) is 4.26. The molecule has 3 atom stereocenters. The predicted molar refractivity (Wildman–Crippen MR) is 98.4 cm³/mol. The number of benzene rings is 1. The molecule has 2 aliphatic rings. The van der Waals surface area contributed by atoms with Crippen LogP contribution in [-0.2, 0) is 4.79 Å². The highest BCUT2D eigenvalue weighted by atomic mass is 35.5. The molecule has 6 heteroatoms. The average Bonchev–Trinajstić information content (AvgIpc) is 2.56. The van der Waals surface area contributed by atoms with Gasteiger partial charge in [-0.3, -0.25) is 9.59 Å². The van der Waals surface area contributed by atoms with Crippen molar-refractivity contribution in [3.63, 3.8) is 0 Å². The zero-order chi connectivity index (χ0) is 18.0. The predicted octanol–water partition coefficient (Wildman–Crippen LogP) is 2.48. The Morgan fingerprint density at radius 3 is 2.36 bits per heavy atom. The van der Waals surface area contributed by atoms with E-state index in [0.717, 1.165) is 25.7 Å². The highest BCUT2D eigenvalue weighted by molar-refractivity contribution is 6.30. The maximum Gasteiger partial charge on any atom is 0.251 e. The van der Waals surface area contributed by atoms with Crippen LogP contribution in [0.1, 0.15) is 49.4 Å². The van der Waals surface area contributed by atoms with Crippen molar-refractivity contribution < 1.29 is 9.59 Å². The number of nitrogens with two attached hydrogens (primary N) is 1. The molecule has 2 fully saturated rings. The molecule has 2 bridgehead atoms. The van der Waals surface area contributed by atoms with E-state index in [1.54, 1.807) is 31.2 Å². The Balaban J connectivity index is 1.57. The van der Waals surface area contributed by atoms with Crippen molar-refractivity contribution in [2.75, 3.05) is 0 Å². The summed E-state index contributed by atoms with van der Waals surface area (Å²) < 4.78 is 0. The van der Waals surface area contributed by atoms with Crippen molar-refractivity contribution in [1.29, 1.82) is 0 Å². The van der Waals surface area contributed by atoms with Crippen LogP contribution in [0.25, 0.3) is 0 Å². The second-order valence-electron chi connectivity index (χ2n) is 7.42. The molecule has 0 saturated heterocycles. The van der Waals surface area contributed by atoms with Crippen LogP contribution in [0, 0.1) is 11.8 Å². The van der Waals surface area contributed by atoms with Crippen molar-refractivity contribution in [3.05, 3.63) is 34.9 Å². The van der Waals surface area contributed by atoms with Gasteiger partial charge in [-0.25, -0.2) is 0 Å². The summed E-state index contributed by atoms with van der Waals surface area (Å²) in [5.74, 6) is 0.529. The fraction of sp³-hybridized carbons (Fsp3) is 0.579. The lowest BCUT2D eigenvalue weighted by molar-refractivity contribution is -0.124.